The van der Waals surface area contributed by atoms with Gasteiger partial charge in [0.15, 0.2) is 0 Å². The summed E-state index contributed by atoms with van der Waals surface area (Å²) in [5, 5.41) is 0. The van der Waals surface area contributed by atoms with E-state index in [9.17, 15) is 0 Å². The Balaban J connectivity index is 2.28. The molecule has 0 aromatic rings. The van der Waals surface area contributed by atoms with Crippen LogP contribution in [0.15, 0.2) is 0 Å². The van der Waals surface area contributed by atoms with Gasteiger partial charge in [0.05, 0.1) is 31.8 Å². The average molecular weight is 200 g/mol. The first-order valence-electron chi connectivity index (χ1n) is 5.46. The number of rotatable bonds is 3. The Morgan fingerprint density at radius 2 is 1.71 bits per heavy atom. The van der Waals surface area contributed by atoms with Gasteiger partial charge in [-0.15, -0.1) is 0 Å². The summed E-state index contributed by atoms with van der Waals surface area (Å²) in [5.41, 5.74) is -0.0844. The van der Waals surface area contributed by atoms with Gasteiger partial charge in [0.25, 0.3) is 0 Å². The van der Waals surface area contributed by atoms with Gasteiger partial charge in [-0.05, 0) is 12.8 Å². The molecule has 14 heavy (non-hydrogen) atoms. The standard InChI is InChI=1S/C11H20O3/c1-4-14-11-7-12-5-10(11,9(2)3)6-13-8-11/h9H,4-8H2,1-3H3. The topological polar surface area (TPSA) is 27.7 Å². The maximum absolute atomic E-state index is 5.93. The summed E-state index contributed by atoms with van der Waals surface area (Å²) in [6.45, 7) is 10.2. The third-order valence-electron chi connectivity index (χ3n) is 3.82. The van der Waals surface area contributed by atoms with Crippen LogP contribution in [0.25, 0.3) is 0 Å². The second kappa shape index (κ2) is 3.47. The predicted octanol–water partition coefficient (Wildman–Crippen LogP) is 1.46. The number of hydrogen-bond donors (Lipinski definition) is 0. The minimum absolute atomic E-state index is 0.0863. The fraction of sp³-hybridized carbons (Fsp3) is 1.00. The molecule has 3 heteroatoms. The Morgan fingerprint density at radius 3 is 2.14 bits per heavy atom. The molecule has 0 aromatic carbocycles. The number of fused-ring (bicyclic) bond motifs is 1. The quantitative estimate of drug-likeness (QED) is 0.690. The van der Waals surface area contributed by atoms with Crippen LogP contribution in [0.5, 0.6) is 0 Å². The Hall–Kier alpha value is -0.120. The first kappa shape index (κ1) is 10.4. The van der Waals surface area contributed by atoms with Gasteiger partial charge in [-0.2, -0.15) is 0 Å². The largest absolute Gasteiger partial charge is 0.378 e. The molecule has 0 unspecified atom stereocenters. The minimum atomic E-state index is -0.171. The Labute approximate surface area is 85.7 Å². The molecule has 0 atom stereocenters. The van der Waals surface area contributed by atoms with Gasteiger partial charge in [-0.1, -0.05) is 13.8 Å². The number of hydrogen-bond acceptors (Lipinski definition) is 3. The molecule has 0 aromatic heterocycles. The maximum Gasteiger partial charge on any atom is 0.125 e. The fourth-order valence-corrected chi connectivity index (χ4v) is 2.79. The third-order valence-corrected chi connectivity index (χ3v) is 3.82. The van der Waals surface area contributed by atoms with Gasteiger partial charge >= 0.3 is 0 Å². The molecule has 2 fully saturated rings. The normalized spacial score (nSPS) is 42.0. The van der Waals surface area contributed by atoms with Crippen molar-refractivity contribution in [3.63, 3.8) is 0 Å². The first-order chi connectivity index (χ1) is 6.67. The zero-order chi connectivity index (χ0) is 10.2. The summed E-state index contributed by atoms with van der Waals surface area (Å²) in [5.74, 6) is 0.541. The van der Waals surface area contributed by atoms with E-state index in [1.807, 2.05) is 6.92 Å². The van der Waals surface area contributed by atoms with Gasteiger partial charge < -0.3 is 14.2 Å². The molecule has 0 saturated carbocycles. The van der Waals surface area contributed by atoms with E-state index in [0.717, 1.165) is 19.8 Å². The lowest BCUT2D eigenvalue weighted by atomic mass is 9.69. The molecule has 0 amide bonds. The highest BCUT2D eigenvalue weighted by molar-refractivity contribution is 5.09. The highest BCUT2D eigenvalue weighted by Crippen LogP contribution is 2.50. The lowest BCUT2D eigenvalue weighted by Crippen LogP contribution is -2.51. The Kier molecular flexibility index (Phi) is 2.58. The molecular formula is C11H20O3. The van der Waals surface area contributed by atoms with Crippen LogP contribution in [0.4, 0.5) is 0 Å². The lowest BCUT2D eigenvalue weighted by molar-refractivity contribution is -0.0939. The Morgan fingerprint density at radius 1 is 1.14 bits per heavy atom. The van der Waals surface area contributed by atoms with Crippen molar-refractivity contribution >= 4 is 0 Å². The maximum atomic E-state index is 5.93. The average Bonchev–Trinajstić information content (AvgIpc) is 2.59. The summed E-state index contributed by atoms with van der Waals surface area (Å²) in [7, 11) is 0. The monoisotopic (exact) mass is 200 g/mol. The molecule has 0 radical (unpaired) electrons. The van der Waals surface area contributed by atoms with Crippen molar-refractivity contribution in [1.29, 1.82) is 0 Å². The van der Waals surface area contributed by atoms with Gasteiger partial charge in [-0.3, -0.25) is 0 Å². The van der Waals surface area contributed by atoms with Crippen LogP contribution in [0.1, 0.15) is 20.8 Å². The molecule has 82 valence electrons. The van der Waals surface area contributed by atoms with Crippen molar-refractivity contribution in [3.8, 4) is 0 Å². The van der Waals surface area contributed by atoms with Crippen LogP contribution in [0.3, 0.4) is 0 Å². The summed E-state index contributed by atoms with van der Waals surface area (Å²) in [4.78, 5) is 0. The SMILES string of the molecule is CCOC12COCC1(C(C)C)COC2. The van der Waals surface area contributed by atoms with E-state index in [-0.39, 0.29) is 11.0 Å². The van der Waals surface area contributed by atoms with E-state index in [1.54, 1.807) is 0 Å². The highest BCUT2D eigenvalue weighted by atomic mass is 16.6. The van der Waals surface area contributed by atoms with E-state index in [4.69, 9.17) is 14.2 Å². The van der Waals surface area contributed by atoms with Crippen molar-refractivity contribution < 1.29 is 14.2 Å². The first-order valence-corrected chi connectivity index (χ1v) is 5.46. The van der Waals surface area contributed by atoms with Crippen LogP contribution >= 0.6 is 0 Å². The fourth-order valence-electron chi connectivity index (χ4n) is 2.79. The molecule has 2 rings (SSSR count). The Bertz CT molecular complexity index is 203. The summed E-state index contributed by atoms with van der Waals surface area (Å²) in [6.07, 6.45) is 0. The molecule has 3 nitrogen and oxygen atoms in total. The van der Waals surface area contributed by atoms with Crippen LogP contribution < -0.4 is 0 Å². The highest BCUT2D eigenvalue weighted by Gasteiger charge is 2.62. The van der Waals surface area contributed by atoms with Crippen molar-refractivity contribution in [2.45, 2.75) is 26.4 Å². The van der Waals surface area contributed by atoms with E-state index in [1.165, 1.54) is 0 Å². The van der Waals surface area contributed by atoms with Crippen LogP contribution in [-0.2, 0) is 14.2 Å². The van der Waals surface area contributed by atoms with Crippen LogP contribution in [-0.4, -0.2) is 38.6 Å². The van der Waals surface area contributed by atoms with Gasteiger partial charge in [0, 0.05) is 6.61 Å². The van der Waals surface area contributed by atoms with E-state index < -0.39 is 0 Å². The van der Waals surface area contributed by atoms with Crippen molar-refractivity contribution in [1.82, 2.24) is 0 Å². The van der Waals surface area contributed by atoms with E-state index in [2.05, 4.69) is 13.8 Å². The molecule has 2 aliphatic heterocycles. The molecule has 2 heterocycles. The van der Waals surface area contributed by atoms with Crippen molar-refractivity contribution in [2.75, 3.05) is 33.0 Å². The summed E-state index contributed by atoms with van der Waals surface area (Å²) < 4.78 is 17.2. The summed E-state index contributed by atoms with van der Waals surface area (Å²) in [6, 6.07) is 0. The van der Waals surface area contributed by atoms with E-state index in [0.29, 0.717) is 19.1 Å². The number of ether oxygens (including phenoxy) is 3. The molecule has 2 aliphatic rings. The second-order valence-corrected chi connectivity index (χ2v) is 4.72. The zero-order valence-electron chi connectivity index (χ0n) is 9.34. The van der Waals surface area contributed by atoms with Crippen LogP contribution in [0, 0.1) is 11.3 Å². The summed E-state index contributed by atoms with van der Waals surface area (Å²) >= 11 is 0. The predicted molar refractivity (Wildman–Crippen MR) is 53.3 cm³/mol. The smallest absolute Gasteiger partial charge is 0.125 e. The van der Waals surface area contributed by atoms with Gasteiger partial charge in [0.1, 0.15) is 5.60 Å². The third kappa shape index (κ3) is 1.16. The molecule has 0 bridgehead atoms. The molecular weight excluding hydrogens is 180 g/mol. The molecule has 0 aliphatic carbocycles. The van der Waals surface area contributed by atoms with Gasteiger partial charge in [-0.25, -0.2) is 0 Å². The van der Waals surface area contributed by atoms with Crippen molar-refractivity contribution in [3.05, 3.63) is 0 Å². The minimum Gasteiger partial charge on any atom is -0.378 e. The van der Waals surface area contributed by atoms with Gasteiger partial charge in [0.2, 0.25) is 0 Å². The molecule has 0 spiro atoms. The molecule has 0 N–H and O–H groups in total. The molecule has 2 saturated heterocycles. The lowest BCUT2D eigenvalue weighted by Gasteiger charge is -2.39. The zero-order valence-corrected chi connectivity index (χ0v) is 9.34. The second-order valence-electron chi connectivity index (χ2n) is 4.72. The van der Waals surface area contributed by atoms with Crippen molar-refractivity contribution in [2.24, 2.45) is 11.3 Å². The van der Waals surface area contributed by atoms with E-state index >= 15 is 0 Å². The van der Waals surface area contributed by atoms with Crippen LogP contribution in [0.2, 0.25) is 0 Å².